The molecule has 7 heteroatoms. The summed E-state index contributed by atoms with van der Waals surface area (Å²) in [5, 5.41) is 4.59. The second kappa shape index (κ2) is 6.98. The molecule has 0 amide bonds. The lowest BCUT2D eigenvalue weighted by molar-refractivity contribution is 0.0600. The maximum atomic E-state index is 11.5. The highest BCUT2D eigenvalue weighted by molar-refractivity contribution is 7.80. The van der Waals surface area contributed by atoms with Crippen molar-refractivity contribution in [1.29, 1.82) is 0 Å². The van der Waals surface area contributed by atoms with Crippen LogP contribution in [0, 0.1) is 0 Å². The number of aromatic nitrogens is 3. The number of anilines is 1. The summed E-state index contributed by atoms with van der Waals surface area (Å²) in [4.78, 5) is 16.5. The summed E-state index contributed by atoms with van der Waals surface area (Å²) < 4.78 is 6.34. The van der Waals surface area contributed by atoms with Crippen LogP contribution in [0.2, 0.25) is 0 Å². The molecule has 0 saturated heterocycles. The number of hydrogen-bond acceptors (Lipinski definition) is 6. The van der Waals surface area contributed by atoms with Crippen LogP contribution < -0.4 is 5.73 Å². The Kier molecular flexibility index (Phi) is 4.76. The summed E-state index contributed by atoms with van der Waals surface area (Å²) in [5.74, 6) is 0.292. The Hall–Kier alpha value is -2.80. The second-order valence-electron chi connectivity index (χ2n) is 5.62. The molecule has 25 heavy (non-hydrogen) atoms. The molecule has 3 rings (SSSR count). The topological polar surface area (TPSA) is 83.0 Å². The van der Waals surface area contributed by atoms with E-state index in [0.29, 0.717) is 17.1 Å². The zero-order chi connectivity index (χ0) is 18.0. The fourth-order valence-electron chi connectivity index (χ4n) is 2.46. The maximum Gasteiger partial charge on any atom is 0.339 e. The normalized spacial score (nSPS) is 12.0. The molecule has 0 bridgehead atoms. The largest absolute Gasteiger partial charge is 0.465 e. The molecule has 128 valence electrons. The van der Waals surface area contributed by atoms with Crippen molar-refractivity contribution in [2.24, 2.45) is 0 Å². The Morgan fingerprint density at radius 3 is 2.72 bits per heavy atom. The summed E-state index contributed by atoms with van der Waals surface area (Å²) >= 11 is 4.37. The number of esters is 1. The number of benzene rings is 1. The van der Waals surface area contributed by atoms with Crippen molar-refractivity contribution in [3.63, 3.8) is 0 Å². The predicted molar refractivity (Wildman–Crippen MR) is 98.3 cm³/mol. The average Bonchev–Trinajstić information content (AvgIpc) is 3.13. The van der Waals surface area contributed by atoms with Gasteiger partial charge in [0.2, 0.25) is 0 Å². The van der Waals surface area contributed by atoms with Crippen molar-refractivity contribution in [3.05, 3.63) is 65.6 Å². The number of nitrogens with zero attached hydrogens (tertiary/aromatic N) is 3. The van der Waals surface area contributed by atoms with Gasteiger partial charge in [0.15, 0.2) is 5.82 Å². The van der Waals surface area contributed by atoms with Gasteiger partial charge in [-0.05, 0) is 35.9 Å². The van der Waals surface area contributed by atoms with E-state index in [1.165, 1.54) is 13.3 Å². The van der Waals surface area contributed by atoms with E-state index in [1.54, 1.807) is 16.8 Å². The third-order valence-corrected chi connectivity index (χ3v) is 4.40. The molecule has 1 aromatic carbocycles. The quantitative estimate of drug-likeness (QED) is 0.427. The van der Waals surface area contributed by atoms with Gasteiger partial charge in [-0.3, -0.25) is 0 Å². The van der Waals surface area contributed by atoms with Gasteiger partial charge in [0.05, 0.1) is 18.4 Å². The molecule has 0 aliphatic rings. The van der Waals surface area contributed by atoms with Gasteiger partial charge in [0.25, 0.3) is 0 Å². The van der Waals surface area contributed by atoms with E-state index in [2.05, 4.69) is 34.4 Å². The molecule has 0 aliphatic heterocycles. The van der Waals surface area contributed by atoms with E-state index < -0.39 is 5.97 Å². The van der Waals surface area contributed by atoms with Gasteiger partial charge in [0, 0.05) is 28.9 Å². The van der Waals surface area contributed by atoms with Gasteiger partial charge in [-0.15, -0.1) is 12.6 Å². The maximum absolute atomic E-state index is 11.5. The Morgan fingerprint density at radius 2 is 2.08 bits per heavy atom. The highest BCUT2D eigenvalue weighted by Crippen LogP contribution is 2.27. The minimum Gasteiger partial charge on any atom is -0.465 e. The number of rotatable bonds is 4. The molecule has 6 nitrogen and oxygen atoms in total. The summed E-state index contributed by atoms with van der Waals surface area (Å²) in [5.41, 5.74) is 8.85. The predicted octanol–water partition coefficient (Wildman–Crippen LogP) is 3.08. The van der Waals surface area contributed by atoms with Crippen LogP contribution in [0.3, 0.4) is 0 Å². The van der Waals surface area contributed by atoms with Gasteiger partial charge in [0.1, 0.15) is 0 Å². The minimum atomic E-state index is -0.417. The monoisotopic (exact) mass is 354 g/mol. The zero-order valence-electron chi connectivity index (χ0n) is 13.9. The Balaban J connectivity index is 1.84. The Bertz CT molecular complexity index is 906. The fraction of sp³-hybridized carbons (Fsp3) is 0.167. The molecule has 0 saturated carbocycles. The summed E-state index contributed by atoms with van der Waals surface area (Å²) in [6.45, 7) is 2.07. The molecular formula is C18H18N4O2S. The van der Waals surface area contributed by atoms with E-state index in [0.717, 1.165) is 16.2 Å². The van der Waals surface area contributed by atoms with E-state index in [1.807, 2.05) is 30.5 Å². The summed E-state index contributed by atoms with van der Waals surface area (Å²) in [7, 11) is 1.34. The van der Waals surface area contributed by atoms with Crippen LogP contribution in [0.5, 0.6) is 0 Å². The van der Waals surface area contributed by atoms with Gasteiger partial charge in [-0.2, -0.15) is 5.10 Å². The number of carbonyl (C=O) groups excluding carboxylic acids is 1. The molecule has 0 spiro atoms. The van der Waals surface area contributed by atoms with Crippen molar-refractivity contribution in [1.82, 2.24) is 14.8 Å². The van der Waals surface area contributed by atoms with Gasteiger partial charge < -0.3 is 10.5 Å². The fourth-order valence-corrected chi connectivity index (χ4v) is 2.68. The van der Waals surface area contributed by atoms with E-state index >= 15 is 0 Å². The number of pyridine rings is 1. The number of thiol groups is 1. The van der Waals surface area contributed by atoms with Crippen molar-refractivity contribution >= 4 is 24.3 Å². The summed E-state index contributed by atoms with van der Waals surface area (Å²) in [6, 6.07) is 11.1. The SMILES string of the molecule is COC(=O)c1ccc(-n2ccc(C(C)c3ccc(N)c(S)c3)n2)nc1. The Labute approximate surface area is 151 Å². The molecule has 0 aliphatic carbocycles. The number of ether oxygens (including phenoxy) is 1. The number of carbonyl (C=O) groups is 1. The second-order valence-corrected chi connectivity index (χ2v) is 6.10. The van der Waals surface area contributed by atoms with Crippen LogP contribution in [0.25, 0.3) is 5.82 Å². The molecule has 2 heterocycles. The van der Waals surface area contributed by atoms with E-state index in [-0.39, 0.29) is 5.92 Å². The first-order valence-corrected chi connectivity index (χ1v) is 8.13. The van der Waals surface area contributed by atoms with Crippen LogP contribution in [-0.2, 0) is 4.74 Å². The van der Waals surface area contributed by atoms with Crippen molar-refractivity contribution in [3.8, 4) is 5.82 Å². The van der Waals surface area contributed by atoms with Crippen molar-refractivity contribution in [2.75, 3.05) is 12.8 Å². The molecule has 0 fully saturated rings. The number of methoxy groups -OCH3 is 1. The molecule has 1 unspecified atom stereocenters. The summed E-state index contributed by atoms with van der Waals surface area (Å²) in [6.07, 6.45) is 3.31. The van der Waals surface area contributed by atoms with Gasteiger partial charge >= 0.3 is 5.97 Å². The van der Waals surface area contributed by atoms with Crippen LogP contribution >= 0.6 is 12.6 Å². The van der Waals surface area contributed by atoms with Gasteiger partial charge in [-0.25, -0.2) is 14.5 Å². The molecule has 2 aromatic heterocycles. The lowest BCUT2D eigenvalue weighted by atomic mass is 9.98. The van der Waals surface area contributed by atoms with Crippen LogP contribution in [-0.4, -0.2) is 27.8 Å². The highest BCUT2D eigenvalue weighted by Gasteiger charge is 2.14. The first-order valence-electron chi connectivity index (χ1n) is 7.68. The van der Waals surface area contributed by atoms with Crippen LogP contribution in [0.4, 0.5) is 5.69 Å². The lowest BCUT2D eigenvalue weighted by Crippen LogP contribution is -2.05. The van der Waals surface area contributed by atoms with Crippen molar-refractivity contribution in [2.45, 2.75) is 17.7 Å². The zero-order valence-corrected chi connectivity index (χ0v) is 14.8. The number of nitrogen functional groups attached to an aromatic ring is 1. The molecule has 2 N–H and O–H groups in total. The van der Waals surface area contributed by atoms with Crippen LogP contribution in [0.1, 0.15) is 34.5 Å². The standard InChI is InChI=1S/C18H18N4O2S/c1-11(12-3-5-14(19)16(25)9-12)15-7-8-22(21-15)17-6-4-13(10-20-17)18(23)24-2/h3-11,25H,19H2,1-2H3. The lowest BCUT2D eigenvalue weighted by Gasteiger charge is -2.11. The first-order chi connectivity index (χ1) is 12.0. The van der Waals surface area contributed by atoms with Crippen molar-refractivity contribution < 1.29 is 9.53 Å². The smallest absolute Gasteiger partial charge is 0.339 e. The van der Waals surface area contributed by atoms with Gasteiger partial charge in [-0.1, -0.05) is 13.0 Å². The minimum absolute atomic E-state index is 0.0853. The first kappa shape index (κ1) is 17.0. The number of nitrogens with two attached hydrogens (primary N) is 1. The van der Waals surface area contributed by atoms with E-state index in [4.69, 9.17) is 5.73 Å². The highest BCUT2D eigenvalue weighted by atomic mass is 32.1. The molecule has 1 atom stereocenters. The average molecular weight is 354 g/mol. The van der Waals surface area contributed by atoms with Crippen LogP contribution in [0.15, 0.2) is 53.7 Å². The molecular weight excluding hydrogens is 336 g/mol. The third-order valence-electron chi connectivity index (χ3n) is 4.01. The van der Waals surface area contributed by atoms with E-state index in [9.17, 15) is 4.79 Å². The Morgan fingerprint density at radius 1 is 1.28 bits per heavy atom. The number of hydrogen-bond donors (Lipinski definition) is 2. The molecule has 0 radical (unpaired) electrons. The third kappa shape index (κ3) is 3.51. The molecule has 3 aromatic rings.